The second-order valence-corrected chi connectivity index (χ2v) is 6.22. The fourth-order valence-corrected chi connectivity index (χ4v) is 2.73. The number of hydrogen-bond acceptors (Lipinski definition) is 4. The predicted octanol–water partition coefficient (Wildman–Crippen LogP) is 3.13. The zero-order valence-corrected chi connectivity index (χ0v) is 12.7. The second kappa shape index (κ2) is 5.45. The number of hydrogen-bond donors (Lipinski definition) is 1. The van der Waals surface area contributed by atoms with Gasteiger partial charge in [-0.1, -0.05) is 20.8 Å². The van der Waals surface area contributed by atoms with Crippen LogP contribution in [0.15, 0.2) is 0 Å². The normalized spacial score (nSPS) is 16.3. The molecule has 0 aromatic carbocycles. The van der Waals surface area contributed by atoms with Gasteiger partial charge in [0.15, 0.2) is 5.82 Å². The van der Waals surface area contributed by atoms with Gasteiger partial charge in [0.1, 0.15) is 11.9 Å². The third-order valence-corrected chi connectivity index (χ3v) is 3.55. The van der Waals surface area contributed by atoms with Crippen LogP contribution in [-0.4, -0.2) is 23.6 Å². The van der Waals surface area contributed by atoms with Gasteiger partial charge in [-0.25, -0.2) is 9.97 Å². The van der Waals surface area contributed by atoms with E-state index in [1.54, 1.807) is 7.11 Å². The summed E-state index contributed by atoms with van der Waals surface area (Å²) in [6, 6.07) is 0. The Labute approximate surface area is 116 Å². The second-order valence-electron chi connectivity index (χ2n) is 6.22. The van der Waals surface area contributed by atoms with Gasteiger partial charge in [0.25, 0.3) is 0 Å². The van der Waals surface area contributed by atoms with Crippen molar-refractivity contribution < 1.29 is 4.74 Å². The first-order chi connectivity index (χ1) is 8.97. The quantitative estimate of drug-likeness (QED) is 0.906. The average Bonchev–Trinajstić information content (AvgIpc) is 2.76. The average molecular weight is 263 g/mol. The van der Waals surface area contributed by atoms with E-state index < -0.39 is 0 Å². The largest absolute Gasteiger partial charge is 0.373 e. The molecule has 0 amide bonds. The molecule has 1 aliphatic carbocycles. The van der Waals surface area contributed by atoms with Gasteiger partial charge in [-0.2, -0.15) is 0 Å². The topological polar surface area (TPSA) is 47.0 Å². The number of aromatic nitrogens is 2. The molecule has 1 unspecified atom stereocenters. The molecule has 19 heavy (non-hydrogen) atoms. The SMILES string of the molecule is CCNc1nc(C(OC)C(C)(C)C)nc2c1CCC2. The Morgan fingerprint density at radius 3 is 2.58 bits per heavy atom. The van der Waals surface area contributed by atoms with Crippen molar-refractivity contribution in [3.05, 3.63) is 17.1 Å². The lowest BCUT2D eigenvalue weighted by molar-refractivity contribution is 0.00862. The van der Waals surface area contributed by atoms with E-state index in [0.717, 1.165) is 31.0 Å². The maximum Gasteiger partial charge on any atom is 0.160 e. The summed E-state index contributed by atoms with van der Waals surface area (Å²) < 4.78 is 5.64. The molecule has 1 aromatic heterocycles. The van der Waals surface area contributed by atoms with Gasteiger partial charge in [0.2, 0.25) is 0 Å². The zero-order valence-electron chi connectivity index (χ0n) is 12.7. The summed E-state index contributed by atoms with van der Waals surface area (Å²) in [6.07, 6.45) is 3.25. The minimum atomic E-state index is -0.0733. The van der Waals surface area contributed by atoms with E-state index >= 15 is 0 Å². The maximum absolute atomic E-state index is 5.64. The highest BCUT2D eigenvalue weighted by Gasteiger charge is 2.31. The molecule has 1 aromatic rings. The summed E-state index contributed by atoms with van der Waals surface area (Å²) in [6.45, 7) is 9.46. The molecule has 4 heteroatoms. The van der Waals surface area contributed by atoms with Crippen LogP contribution in [0.5, 0.6) is 0 Å². The molecule has 1 N–H and O–H groups in total. The summed E-state index contributed by atoms with van der Waals surface area (Å²) in [7, 11) is 1.74. The monoisotopic (exact) mass is 263 g/mol. The smallest absolute Gasteiger partial charge is 0.160 e. The molecule has 2 rings (SSSR count). The van der Waals surface area contributed by atoms with Crippen LogP contribution in [0.1, 0.15) is 57.3 Å². The van der Waals surface area contributed by atoms with Crippen molar-refractivity contribution in [3.63, 3.8) is 0 Å². The molecule has 0 spiro atoms. The first kappa shape index (κ1) is 14.3. The fourth-order valence-electron chi connectivity index (χ4n) is 2.73. The van der Waals surface area contributed by atoms with Crippen molar-refractivity contribution in [3.8, 4) is 0 Å². The minimum absolute atomic E-state index is 0.00885. The van der Waals surface area contributed by atoms with Crippen molar-refractivity contribution in [2.24, 2.45) is 5.41 Å². The van der Waals surface area contributed by atoms with Gasteiger partial charge in [0.05, 0.1) is 0 Å². The van der Waals surface area contributed by atoms with Crippen LogP contribution < -0.4 is 5.32 Å². The molecule has 0 fully saturated rings. The summed E-state index contributed by atoms with van der Waals surface area (Å²) in [4.78, 5) is 9.48. The number of fused-ring (bicyclic) bond motifs is 1. The Morgan fingerprint density at radius 2 is 2.00 bits per heavy atom. The van der Waals surface area contributed by atoms with Crippen LogP contribution in [0.4, 0.5) is 5.82 Å². The molecule has 0 radical (unpaired) electrons. The van der Waals surface area contributed by atoms with Crippen LogP contribution in [0.2, 0.25) is 0 Å². The van der Waals surface area contributed by atoms with E-state index in [1.807, 2.05) is 0 Å². The van der Waals surface area contributed by atoms with Crippen molar-refractivity contribution in [1.82, 2.24) is 9.97 Å². The fraction of sp³-hybridized carbons (Fsp3) is 0.733. The Hall–Kier alpha value is -1.16. The lowest BCUT2D eigenvalue weighted by Crippen LogP contribution is -2.23. The standard InChI is InChI=1S/C15H25N3O/c1-6-16-13-10-8-7-9-11(10)17-14(18-13)12(19-5)15(2,3)4/h12H,6-9H2,1-5H3,(H,16,17,18). The predicted molar refractivity (Wildman–Crippen MR) is 77.4 cm³/mol. The first-order valence-electron chi connectivity index (χ1n) is 7.13. The lowest BCUT2D eigenvalue weighted by atomic mass is 9.88. The Balaban J connectivity index is 2.44. The van der Waals surface area contributed by atoms with E-state index in [-0.39, 0.29) is 11.5 Å². The lowest BCUT2D eigenvalue weighted by Gasteiger charge is -2.28. The maximum atomic E-state index is 5.64. The minimum Gasteiger partial charge on any atom is -0.373 e. The summed E-state index contributed by atoms with van der Waals surface area (Å²) in [5, 5.41) is 3.37. The van der Waals surface area contributed by atoms with Crippen molar-refractivity contribution in [1.29, 1.82) is 0 Å². The van der Waals surface area contributed by atoms with Crippen molar-refractivity contribution in [2.45, 2.75) is 53.1 Å². The van der Waals surface area contributed by atoms with E-state index in [4.69, 9.17) is 14.7 Å². The third kappa shape index (κ3) is 2.89. The Bertz CT molecular complexity index is 451. The van der Waals surface area contributed by atoms with E-state index in [0.29, 0.717) is 0 Å². The Morgan fingerprint density at radius 1 is 1.26 bits per heavy atom. The van der Waals surface area contributed by atoms with Crippen LogP contribution >= 0.6 is 0 Å². The summed E-state index contributed by atoms with van der Waals surface area (Å²) in [5.74, 6) is 1.82. The summed E-state index contributed by atoms with van der Waals surface area (Å²) in [5.41, 5.74) is 2.49. The van der Waals surface area contributed by atoms with Crippen molar-refractivity contribution in [2.75, 3.05) is 19.0 Å². The zero-order chi connectivity index (χ0) is 14.0. The molecule has 1 heterocycles. The number of anilines is 1. The van der Waals surface area contributed by atoms with E-state index in [1.165, 1.54) is 17.7 Å². The van der Waals surface area contributed by atoms with Gasteiger partial charge in [-0.05, 0) is 31.6 Å². The number of aryl methyl sites for hydroxylation is 1. The Kier molecular flexibility index (Phi) is 4.09. The van der Waals surface area contributed by atoms with Crippen LogP contribution in [0, 0.1) is 5.41 Å². The molecule has 106 valence electrons. The first-order valence-corrected chi connectivity index (χ1v) is 7.13. The van der Waals surface area contributed by atoms with Crippen LogP contribution in [0.3, 0.4) is 0 Å². The molecular formula is C15H25N3O. The van der Waals surface area contributed by atoms with E-state index in [9.17, 15) is 0 Å². The van der Waals surface area contributed by atoms with Gasteiger partial charge in [0, 0.05) is 24.9 Å². The third-order valence-electron chi connectivity index (χ3n) is 3.55. The number of nitrogens with zero attached hydrogens (tertiary/aromatic N) is 2. The molecule has 0 aliphatic heterocycles. The molecule has 0 saturated heterocycles. The summed E-state index contributed by atoms with van der Waals surface area (Å²) >= 11 is 0. The highest BCUT2D eigenvalue weighted by Crippen LogP contribution is 2.36. The molecular weight excluding hydrogens is 238 g/mol. The molecule has 1 atom stereocenters. The van der Waals surface area contributed by atoms with Gasteiger partial charge < -0.3 is 10.1 Å². The van der Waals surface area contributed by atoms with Gasteiger partial charge >= 0.3 is 0 Å². The number of ether oxygens (including phenoxy) is 1. The highest BCUT2D eigenvalue weighted by atomic mass is 16.5. The number of nitrogens with one attached hydrogen (secondary N) is 1. The molecule has 0 bridgehead atoms. The number of rotatable bonds is 4. The van der Waals surface area contributed by atoms with E-state index in [2.05, 4.69) is 33.0 Å². The van der Waals surface area contributed by atoms with Crippen molar-refractivity contribution >= 4 is 5.82 Å². The molecule has 4 nitrogen and oxygen atoms in total. The molecule has 1 aliphatic rings. The van der Waals surface area contributed by atoms with Gasteiger partial charge in [-0.3, -0.25) is 0 Å². The van der Waals surface area contributed by atoms with Crippen LogP contribution in [0.25, 0.3) is 0 Å². The highest BCUT2D eigenvalue weighted by molar-refractivity contribution is 5.49. The van der Waals surface area contributed by atoms with Gasteiger partial charge in [-0.15, -0.1) is 0 Å². The van der Waals surface area contributed by atoms with Crippen LogP contribution in [-0.2, 0) is 17.6 Å². The number of methoxy groups -OCH3 is 1. The molecule has 0 saturated carbocycles.